The standard InChI is InChI=1S/C12H25NS/c1-11(2)7-5-6-9-13(10-8-11)12(3,4)14/h14H,5-10H2,1-4H3. The van der Waals surface area contributed by atoms with Gasteiger partial charge in [0, 0.05) is 0 Å². The summed E-state index contributed by atoms with van der Waals surface area (Å²) in [6.07, 6.45) is 5.38. The molecule has 1 fully saturated rings. The molecule has 14 heavy (non-hydrogen) atoms. The van der Waals surface area contributed by atoms with Gasteiger partial charge in [0.25, 0.3) is 0 Å². The van der Waals surface area contributed by atoms with Crippen LogP contribution >= 0.6 is 12.6 Å². The summed E-state index contributed by atoms with van der Waals surface area (Å²) in [5.74, 6) is 0. The third-order valence-electron chi connectivity index (χ3n) is 3.36. The van der Waals surface area contributed by atoms with Gasteiger partial charge in [0.15, 0.2) is 0 Å². The van der Waals surface area contributed by atoms with Gasteiger partial charge in [-0.25, -0.2) is 0 Å². The SMILES string of the molecule is CC1(C)CCCCN(C(C)(C)S)CC1. The quantitative estimate of drug-likeness (QED) is 0.655. The Morgan fingerprint density at radius 3 is 2.29 bits per heavy atom. The van der Waals surface area contributed by atoms with Gasteiger partial charge in [-0.2, -0.15) is 12.6 Å². The van der Waals surface area contributed by atoms with E-state index in [1.165, 1.54) is 38.8 Å². The maximum absolute atomic E-state index is 4.66. The minimum Gasteiger partial charge on any atom is -0.290 e. The molecule has 84 valence electrons. The summed E-state index contributed by atoms with van der Waals surface area (Å²) in [5.41, 5.74) is 0.525. The van der Waals surface area contributed by atoms with Gasteiger partial charge in [0.1, 0.15) is 0 Å². The van der Waals surface area contributed by atoms with Gasteiger partial charge in [0.05, 0.1) is 4.87 Å². The molecule has 0 aliphatic carbocycles. The van der Waals surface area contributed by atoms with Gasteiger partial charge in [-0.15, -0.1) is 0 Å². The lowest BCUT2D eigenvalue weighted by Gasteiger charge is -2.39. The first-order chi connectivity index (χ1) is 6.31. The molecule has 0 unspecified atom stereocenters. The monoisotopic (exact) mass is 215 g/mol. The minimum atomic E-state index is 0.0490. The number of nitrogens with zero attached hydrogens (tertiary/aromatic N) is 1. The van der Waals surface area contributed by atoms with Gasteiger partial charge in [-0.3, -0.25) is 4.90 Å². The average Bonchev–Trinajstić information content (AvgIpc) is 1.96. The Kier molecular flexibility index (Phi) is 3.93. The van der Waals surface area contributed by atoms with E-state index in [0.717, 1.165) is 0 Å². The van der Waals surface area contributed by atoms with Crippen LogP contribution in [0.15, 0.2) is 0 Å². The predicted molar refractivity (Wildman–Crippen MR) is 66.9 cm³/mol. The Morgan fingerprint density at radius 1 is 1.07 bits per heavy atom. The van der Waals surface area contributed by atoms with Crippen molar-refractivity contribution in [3.8, 4) is 0 Å². The first-order valence-electron chi connectivity index (χ1n) is 5.79. The molecule has 0 spiro atoms. The van der Waals surface area contributed by atoms with Crippen LogP contribution in [-0.2, 0) is 0 Å². The molecule has 0 aromatic carbocycles. The highest BCUT2D eigenvalue weighted by atomic mass is 32.1. The highest BCUT2D eigenvalue weighted by Gasteiger charge is 2.27. The second-order valence-electron chi connectivity index (χ2n) is 5.85. The van der Waals surface area contributed by atoms with Crippen LogP contribution in [0.25, 0.3) is 0 Å². The van der Waals surface area contributed by atoms with E-state index in [0.29, 0.717) is 5.41 Å². The van der Waals surface area contributed by atoms with Crippen LogP contribution < -0.4 is 0 Å². The molecule has 1 aliphatic heterocycles. The number of hydrogen-bond acceptors (Lipinski definition) is 2. The maximum Gasteiger partial charge on any atom is 0.0583 e. The predicted octanol–water partition coefficient (Wildman–Crippen LogP) is 3.55. The van der Waals surface area contributed by atoms with E-state index in [1.807, 2.05) is 0 Å². The Bertz CT molecular complexity index is 178. The summed E-state index contributed by atoms with van der Waals surface area (Å²) in [4.78, 5) is 2.56. The average molecular weight is 215 g/mol. The van der Waals surface area contributed by atoms with Gasteiger partial charge in [-0.1, -0.05) is 20.3 Å². The fourth-order valence-electron chi connectivity index (χ4n) is 2.13. The van der Waals surface area contributed by atoms with Gasteiger partial charge >= 0.3 is 0 Å². The van der Waals surface area contributed by atoms with Crippen molar-refractivity contribution in [3.05, 3.63) is 0 Å². The molecule has 0 aromatic heterocycles. The lowest BCUT2D eigenvalue weighted by Crippen LogP contribution is -2.43. The van der Waals surface area contributed by atoms with Crippen LogP contribution in [0.1, 0.15) is 53.4 Å². The molecule has 0 aromatic rings. The van der Waals surface area contributed by atoms with E-state index >= 15 is 0 Å². The molecule has 1 aliphatic rings. The Morgan fingerprint density at radius 2 is 1.71 bits per heavy atom. The van der Waals surface area contributed by atoms with Crippen molar-refractivity contribution in [1.82, 2.24) is 4.90 Å². The van der Waals surface area contributed by atoms with Gasteiger partial charge < -0.3 is 0 Å². The fourth-order valence-corrected chi connectivity index (χ4v) is 2.33. The molecule has 0 saturated carbocycles. The van der Waals surface area contributed by atoms with Crippen LogP contribution in [0.2, 0.25) is 0 Å². The second-order valence-corrected chi connectivity index (χ2v) is 6.95. The van der Waals surface area contributed by atoms with Crippen LogP contribution in [-0.4, -0.2) is 22.9 Å². The van der Waals surface area contributed by atoms with Crippen molar-refractivity contribution in [2.75, 3.05) is 13.1 Å². The van der Waals surface area contributed by atoms with Crippen molar-refractivity contribution in [3.63, 3.8) is 0 Å². The van der Waals surface area contributed by atoms with E-state index in [4.69, 9.17) is 0 Å². The van der Waals surface area contributed by atoms with Crippen LogP contribution in [0.5, 0.6) is 0 Å². The molecule has 0 N–H and O–H groups in total. The molecule has 0 atom stereocenters. The summed E-state index contributed by atoms with van der Waals surface area (Å²) < 4.78 is 0. The fraction of sp³-hybridized carbons (Fsp3) is 1.00. The number of hydrogen-bond donors (Lipinski definition) is 1. The van der Waals surface area contributed by atoms with Crippen molar-refractivity contribution in [2.45, 2.75) is 58.2 Å². The molecule has 2 heteroatoms. The third kappa shape index (κ3) is 3.82. The van der Waals surface area contributed by atoms with Crippen LogP contribution in [0.3, 0.4) is 0 Å². The highest BCUT2D eigenvalue weighted by Crippen LogP contribution is 2.32. The Balaban J connectivity index is 2.56. The van der Waals surface area contributed by atoms with Crippen molar-refractivity contribution >= 4 is 12.6 Å². The number of likely N-dealkylation sites (tertiary alicyclic amines) is 1. The molecule has 1 nitrogen and oxygen atoms in total. The zero-order chi connectivity index (χ0) is 10.8. The summed E-state index contributed by atoms with van der Waals surface area (Å²) in [6, 6.07) is 0. The van der Waals surface area contributed by atoms with Crippen LogP contribution in [0.4, 0.5) is 0 Å². The molecule has 1 heterocycles. The van der Waals surface area contributed by atoms with E-state index in [1.54, 1.807) is 0 Å². The van der Waals surface area contributed by atoms with Crippen molar-refractivity contribution in [1.29, 1.82) is 0 Å². The van der Waals surface area contributed by atoms with E-state index < -0.39 is 0 Å². The summed E-state index contributed by atoms with van der Waals surface area (Å²) in [5, 5.41) is 0. The lowest BCUT2D eigenvalue weighted by molar-refractivity contribution is 0.135. The molecule has 1 saturated heterocycles. The minimum absolute atomic E-state index is 0.0490. The normalized spacial score (nSPS) is 25.5. The van der Waals surface area contributed by atoms with E-state index in [-0.39, 0.29) is 4.87 Å². The lowest BCUT2D eigenvalue weighted by atomic mass is 9.82. The van der Waals surface area contributed by atoms with E-state index in [2.05, 4.69) is 45.2 Å². The first-order valence-corrected chi connectivity index (χ1v) is 6.23. The van der Waals surface area contributed by atoms with Crippen LogP contribution in [0, 0.1) is 5.41 Å². The number of thiol groups is 1. The summed E-state index contributed by atoms with van der Waals surface area (Å²) in [7, 11) is 0. The topological polar surface area (TPSA) is 3.24 Å². The summed E-state index contributed by atoms with van der Waals surface area (Å²) >= 11 is 4.66. The first kappa shape index (κ1) is 12.4. The molecule has 0 radical (unpaired) electrons. The molecule has 0 bridgehead atoms. The Labute approximate surface area is 94.7 Å². The zero-order valence-corrected chi connectivity index (χ0v) is 11.0. The molecular formula is C12H25NS. The molecule has 1 rings (SSSR count). The van der Waals surface area contributed by atoms with E-state index in [9.17, 15) is 0 Å². The Hall–Kier alpha value is 0.310. The second kappa shape index (κ2) is 4.44. The number of rotatable bonds is 1. The molecule has 0 amide bonds. The smallest absolute Gasteiger partial charge is 0.0583 e. The molecular weight excluding hydrogens is 190 g/mol. The zero-order valence-electron chi connectivity index (χ0n) is 10.1. The van der Waals surface area contributed by atoms with Crippen molar-refractivity contribution in [2.24, 2.45) is 5.41 Å². The largest absolute Gasteiger partial charge is 0.290 e. The van der Waals surface area contributed by atoms with Crippen molar-refractivity contribution < 1.29 is 0 Å². The maximum atomic E-state index is 4.66. The van der Waals surface area contributed by atoms with Gasteiger partial charge in [-0.05, 0) is 51.6 Å². The van der Waals surface area contributed by atoms with Gasteiger partial charge in [0.2, 0.25) is 0 Å². The highest BCUT2D eigenvalue weighted by molar-refractivity contribution is 7.81. The third-order valence-corrected chi connectivity index (χ3v) is 3.65. The summed E-state index contributed by atoms with van der Waals surface area (Å²) in [6.45, 7) is 11.6.